The molecule has 0 unspecified atom stereocenters. The number of nitriles is 1. The molecule has 0 atom stereocenters. The lowest BCUT2D eigenvalue weighted by Crippen LogP contribution is -2.44. The van der Waals surface area contributed by atoms with Gasteiger partial charge in [-0.25, -0.2) is 0 Å². The van der Waals surface area contributed by atoms with E-state index in [1.165, 1.54) is 6.07 Å². The number of piperazine rings is 1. The van der Waals surface area contributed by atoms with Crippen LogP contribution in [0.3, 0.4) is 0 Å². The van der Waals surface area contributed by atoms with Crippen LogP contribution in [0.4, 0.5) is 17.1 Å². The second-order valence-corrected chi connectivity index (χ2v) is 8.82. The van der Waals surface area contributed by atoms with Crippen molar-refractivity contribution in [2.75, 3.05) is 74.6 Å². The van der Waals surface area contributed by atoms with Crippen molar-refractivity contribution in [2.24, 2.45) is 0 Å². The van der Waals surface area contributed by atoms with Crippen molar-refractivity contribution in [1.82, 2.24) is 4.90 Å². The number of hydrogen-bond acceptors (Lipinski definition) is 8. The summed E-state index contributed by atoms with van der Waals surface area (Å²) in [7, 11) is 2.08. The summed E-state index contributed by atoms with van der Waals surface area (Å²) in [6.07, 6.45) is 0. The Morgan fingerprint density at radius 3 is 2.46 bits per heavy atom. The first kappa shape index (κ1) is 22.9. The van der Waals surface area contributed by atoms with Crippen molar-refractivity contribution in [2.45, 2.75) is 0 Å². The predicted molar refractivity (Wildman–Crippen MR) is 134 cm³/mol. The standard InChI is InChI=1S/C26H27N5O4/c1-29-7-9-30(10-8-29)22-4-2-3-20-23(32)16-24(35-25(20)22)26(33)28-19-5-6-21(18(15-19)17-27)31-11-13-34-14-12-31/h2-6,15-16H,7-14H2,1H3,(H,28,33). The zero-order valence-corrected chi connectivity index (χ0v) is 19.6. The lowest BCUT2D eigenvalue weighted by molar-refractivity contribution is 0.0997. The molecule has 3 heterocycles. The van der Waals surface area contributed by atoms with Crippen LogP contribution in [-0.2, 0) is 4.74 Å². The van der Waals surface area contributed by atoms with E-state index in [4.69, 9.17) is 9.15 Å². The second kappa shape index (κ2) is 9.78. The Bertz CT molecular complexity index is 1350. The van der Waals surface area contributed by atoms with Gasteiger partial charge in [0, 0.05) is 51.0 Å². The van der Waals surface area contributed by atoms with Gasteiger partial charge in [0.2, 0.25) is 0 Å². The van der Waals surface area contributed by atoms with Gasteiger partial charge >= 0.3 is 0 Å². The summed E-state index contributed by atoms with van der Waals surface area (Å²) < 4.78 is 11.4. The van der Waals surface area contributed by atoms with Crippen LogP contribution in [-0.4, -0.2) is 70.3 Å². The number of benzene rings is 2. The number of ether oxygens (including phenoxy) is 1. The molecule has 2 fully saturated rings. The molecule has 9 nitrogen and oxygen atoms in total. The summed E-state index contributed by atoms with van der Waals surface area (Å²) in [6, 6.07) is 14.1. The summed E-state index contributed by atoms with van der Waals surface area (Å²) in [5.41, 5.74) is 2.68. The lowest BCUT2D eigenvalue weighted by atomic mass is 10.1. The monoisotopic (exact) mass is 473 g/mol. The molecule has 0 bridgehead atoms. The van der Waals surface area contributed by atoms with Gasteiger partial charge in [0.1, 0.15) is 6.07 Å². The number of anilines is 3. The van der Waals surface area contributed by atoms with Crippen LogP contribution in [0.5, 0.6) is 0 Å². The van der Waals surface area contributed by atoms with E-state index in [1.54, 1.807) is 18.2 Å². The van der Waals surface area contributed by atoms with Crippen molar-refractivity contribution in [3.05, 3.63) is 64.0 Å². The number of carbonyl (C=O) groups is 1. The van der Waals surface area contributed by atoms with Crippen LogP contribution in [0, 0.1) is 11.3 Å². The van der Waals surface area contributed by atoms with Crippen molar-refractivity contribution >= 4 is 33.9 Å². The number of hydrogen-bond donors (Lipinski definition) is 1. The lowest BCUT2D eigenvalue weighted by Gasteiger charge is -2.34. The maximum absolute atomic E-state index is 13.1. The number of nitrogens with one attached hydrogen (secondary N) is 1. The highest BCUT2D eigenvalue weighted by Crippen LogP contribution is 2.28. The third kappa shape index (κ3) is 4.71. The highest BCUT2D eigenvalue weighted by atomic mass is 16.5. The fourth-order valence-corrected chi connectivity index (χ4v) is 4.55. The molecule has 0 saturated carbocycles. The van der Waals surface area contributed by atoms with E-state index in [0.717, 1.165) is 37.6 Å². The van der Waals surface area contributed by atoms with Crippen LogP contribution in [0.1, 0.15) is 16.1 Å². The highest BCUT2D eigenvalue weighted by molar-refractivity contribution is 6.03. The number of amides is 1. The van der Waals surface area contributed by atoms with Gasteiger partial charge in [-0.15, -0.1) is 0 Å². The molecule has 2 aliphatic rings. The molecule has 3 aromatic rings. The van der Waals surface area contributed by atoms with E-state index in [1.807, 2.05) is 18.2 Å². The molecule has 1 amide bonds. The summed E-state index contributed by atoms with van der Waals surface area (Å²) >= 11 is 0. The Hall–Kier alpha value is -3.87. The van der Waals surface area contributed by atoms with Crippen LogP contribution in [0.2, 0.25) is 0 Å². The van der Waals surface area contributed by atoms with E-state index in [2.05, 4.69) is 33.1 Å². The minimum absolute atomic E-state index is 0.0696. The van der Waals surface area contributed by atoms with Gasteiger partial charge in [0.15, 0.2) is 16.8 Å². The maximum Gasteiger partial charge on any atom is 0.291 e. The van der Waals surface area contributed by atoms with Crippen molar-refractivity contribution in [1.29, 1.82) is 5.26 Å². The Labute approximate surface area is 203 Å². The van der Waals surface area contributed by atoms with Gasteiger partial charge in [0.05, 0.1) is 35.5 Å². The summed E-state index contributed by atoms with van der Waals surface area (Å²) in [4.78, 5) is 32.4. The first-order chi connectivity index (χ1) is 17.0. The molecule has 1 N–H and O–H groups in total. The molecule has 0 radical (unpaired) electrons. The van der Waals surface area contributed by atoms with Crippen LogP contribution in [0.15, 0.2) is 51.7 Å². The van der Waals surface area contributed by atoms with Gasteiger partial charge in [-0.3, -0.25) is 9.59 Å². The van der Waals surface area contributed by atoms with E-state index < -0.39 is 5.91 Å². The zero-order valence-electron chi connectivity index (χ0n) is 19.6. The molecule has 180 valence electrons. The minimum Gasteiger partial charge on any atom is -0.448 e. The number of carbonyl (C=O) groups excluding carboxylic acids is 1. The Morgan fingerprint density at radius 2 is 1.71 bits per heavy atom. The average molecular weight is 474 g/mol. The number of nitrogens with zero attached hydrogens (tertiary/aromatic N) is 4. The smallest absolute Gasteiger partial charge is 0.291 e. The maximum atomic E-state index is 13.1. The first-order valence-corrected chi connectivity index (χ1v) is 11.7. The normalized spacial score (nSPS) is 16.8. The van der Waals surface area contributed by atoms with E-state index in [9.17, 15) is 14.9 Å². The largest absolute Gasteiger partial charge is 0.448 e. The zero-order chi connectivity index (χ0) is 24.4. The number of fused-ring (bicyclic) bond motifs is 1. The van der Waals surface area contributed by atoms with E-state index in [0.29, 0.717) is 48.5 Å². The van der Waals surface area contributed by atoms with Crippen molar-refractivity contribution in [3.63, 3.8) is 0 Å². The molecule has 0 aliphatic carbocycles. The van der Waals surface area contributed by atoms with Crippen LogP contribution >= 0.6 is 0 Å². The second-order valence-electron chi connectivity index (χ2n) is 8.82. The topological polar surface area (TPSA) is 102 Å². The minimum atomic E-state index is -0.541. The SMILES string of the molecule is CN1CCN(c2cccc3c(=O)cc(C(=O)Nc4ccc(N5CCOCC5)c(C#N)c4)oc23)CC1. The van der Waals surface area contributed by atoms with Crippen LogP contribution < -0.4 is 20.5 Å². The third-order valence-electron chi connectivity index (χ3n) is 6.53. The molecule has 2 aromatic carbocycles. The van der Waals surface area contributed by atoms with Gasteiger partial charge in [-0.1, -0.05) is 6.07 Å². The van der Waals surface area contributed by atoms with Gasteiger partial charge in [-0.05, 0) is 37.4 Å². The number of likely N-dealkylation sites (N-methyl/N-ethyl adjacent to an activating group) is 1. The van der Waals surface area contributed by atoms with Gasteiger partial charge in [0.25, 0.3) is 5.91 Å². The fraction of sp³-hybridized carbons (Fsp3) is 0.346. The van der Waals surface area contributed by atoms with Crippen molar-refractivity contribution < 1.29 is 13.9 Å². The fourth-order valence-electron chi connectivity index (χ4n) is 4.55. The number of para-hydroxylation sites is 1. The van der Waals surface area contributed by atoms with Crippen LogP contribution in [0.25, 0.3) is 11.0 Å². The van der Waals surface area contributed by atoms with E-state index >= 15 is 0 Å². The quantitative estimate of drug-likeness (QED) is 0.617. The summed E-state index contributed by atoms with van der Waals surface area (Å²) in [5.74, 6) is -0.611. The predicted octanol–water partition coefficient (Wildman–Crippen LogP) is 2.51. The molecule has 1 aromatic heterocycles. The average Bonchev–Trinajstić information content (AvgIpc) is 2.89. The third-order valence-corrected chi connectivity index (χ3v) is 6.53. The summed E-state index contributed by atoms with van der Waals surface area (Å²) in [5, 5.41) is 12.9. The van der Waals surface area contributed by atoms with Gasteiger partial charge in [-0.2, -0.15) is 5.26 Å². The molecule has 9 heteroatoms. The highest BCUT2D eigenvalue weighted by Gasteiger charge is 2.21. The van der Waals surface area contributed by atoms with Gasteiger partial charge < -0.3 is 29.2 Å². The molecule has 2 saturated heterocycles. The molecule has 0 spiro atoms. The van der Waals surface area contributed by atoms with Crippen molar-refractivity contribution in [3.8, 4) is 6.07 Å². The number of rotatable bonds is 4. The molecular weight excluding hydrogens is 446 g/mol. The molecule has 2 aliphatic heterocycles. The molecule has 5 rings (SSSR count). The Morgan fingerprint density at radius 1 is 0.971 bits per heavy atom. The summed E-state index contributed by atoms with van der Waals surface area (Å²) in [6.45, 7) is 6.06. The van der Waals surface area contributed by atoms with E-state index in [-0.39, 0.29) is 11.2 Å². The molecule has 35 heavy (non-hydrogen) atoms. The first-order valence-electron chi connectivity index (χ1n) is 11.7. The number of morpholine rings is 1. The Balaban J connectivity index is 1.42. The molecular formula is C26H27N5O4. The Kier molecular flexibility index (Phi) is 6.40.